The molecule has 1 atom stereocenters. The first-order valence-corrected chi connectivity index (χ1v) is 11.6. The van der Waals surface area contributed by atoms with Crippen LogP contribution in [0, 0.1) is 0 Å². The molecule has 2 N–H and O–H groups in total. The van der Waals surface area contributed by atoms with E-state index >= 15 is 0 Å². The van der Waals surface area contributed by atoms with Crippen LogP contribution in [0.2, 0.25) is 0 Å². The van der Waals surface area contributed by atoms with Crippen molar-refractivity contribution >= 4 is 38.4 Å². The van der Waals surface area contributed by atoms with Gasteiger partial charge in [-0.3, -0.25) is 0 Å². The molecule has 8 nitrogen and oxygen atoms in total. The Morgan fingerprint density at radius 1 is 1.19 bits per heavy atom. The highest BCUT2D eigenvalue weighted by Gasteiger charge is 2.13. The van der Waals surface area contributed by atoms with Crippen molar-refractivity contribution in [1.82, 2.24) is 14.7 Å². The summed E-state index contributed by atoms with van der Waals surface area (Å²) in [5.41, 5.74) is 1.55. The van der Waals surface area contributed by atoms with Crippen LogP contribution in [-0.2, 0) is 21.1 Å². The molecule has 1 aromatic heterocycles. The largest absolute Gasteiger partial charge is 0.489 e. The molecule has 1 heterocycles. The molecule has 0 aliphatic rings. The number of carbonyl (C=O) groups excluding carboxylic acids is 1. The van der Waals surface area contributed by atoms with Crippen LogP contribution in [0.15, 0.2) is 53.7 Å². The number of aromatic nitrogens is 2. The zero-order valence-corrected chi connectivity index (χ0v) is 18.6. The van der Waals surface area contributed by atoms with Crippen molar-refractivity contribution < 1.29 is 18.5 Å². The number of nitrogens with zero attached hydrogens (tertiary/aromatic N) is 2. The number of hydrogen-bond donors (Lipinski definition) is 2. The second-order valence-electron chi connectivity index (χ2n) is 7.13. The molecule has 1 unspecified atom stereocenters. The fourth-order valence-electron chi connectivity index (χ4n) is 2.88. The van der Waals surface area contributed by atoms with Crippen LogP contribution < -0.4 is 14.8 Å². The predicted octanol–water partition coefficient (Wildman–Crippen LogP) is 3.77. The Morgan fingerprint density at radius 3 is 2.74 bits per heavy atom. The first-order valence-electron chi connectivity index (χ1n) is 9.83. The van der Waals surface area contributed by atoms with E-state index in [1.54, 1.807) is 25.1 Å². The smallest absolute Gasteiger partial charge is 0.418 e. The maximum Gasteiger partial charge on any atom is 0.418 e. The number of hydrogen-bond acceptors (Lipinski definition) is 7. The van der Waals surface area contributed by atoms with E-state index in [0.717, 1.165) is 22.3 Å². The summed E-state index contributed by atoms with van der Waals surface area (Å²) in [6.07, 6.45) is 0.746. The number of nitrogens with one attached hydrogen (secondary N) is 2. The van der Waals surface area contributed by atoms with E-state index in [1.807, 2.05) is 38.1 Å². The minimum atomic E-state index is -3.03. The molecule has 0 bridgehead atoms. The topological polar surface area (TPSA) is 102 Å². The van der Waals surface area contributed by atoms with Crippen molar-refractivity contribution in [1.29, 1.82) is 0 Å². The summed E-state index contributed by atoms with van der Waals surface area (Å²) in [4.78, 5) is 20.6. The van der Waals surface area contributed by atoms with Gasteiger partial charge in [0.25, 0.3) is 0 Å². The third-order valence-electron chi connectivity index (χ3n) is 4.24. The van der Waals surface area contributed by atoms with Crippen molar-refractivity contribution in [3.05, 3.63) is 54.4 Å². The number of carbonyl (C=O) groups is 1. The number of fused-ring (bicyclic) bond motifs is 1. The minimum Gasteiger partial charge on any atom is -0.489 e. The lowest BCUT2D eigenvalue weighted by molar-refractivity contribution is 0.159. The SMILES string of the molecule is C=S(=O)(NC(=O)OCC)c1cccc(COc2ccc3c(NC(C)C)ncnc3c2)c1. The summed E-state index contributed by atoms with van der Waals surface area (Å²) >= 11 is 0. The molecule has 0 aliphatic carbocycles. The zero-order chi connectivity index (χ0) is 22.4. The molecule has 0 aliphatic heterocycles. The molecule has 0 fully saturated rings. The van der Waals surface area contributed by atoms with Crippen LogP contribution in [0.1, 0.15) is 26.3 Å². The average Bonchev–Trinajstić information content (AvgIpc) is 2.72. The van der Waals surface area contributed by atoms with Gasteiger partial charge >= 0.3 is 6.09 Å². The standard InChI is InChI=1S/C22H26N4O4S/c1-5-29-22(27)26-31(4,28)18-8-6-7-16(11-18)13-30-17-9-10-19-20(12-17)23-14-24-21(19)25-15(2)3/h6-12,14-15H,4-5,13H2,1-3H3,(H,23,24,25)(H,26,27,28). The van der Waals surface area contributed by atoms with Gasteiger partial charge in [0, 0.05) is 17.5 Å². The third-order valence-corrected chi connectivity index (χ3v) is 5.75. The van der Waals surface area contributed by atoms with Crippen LogP contribution in [0.25, 0.3) is 10.9 Å². The quantitative estimate of drug-likeness (QED) is 0.512. The highest BCUT2D eigenvalue weighted by atomic mass is 32.2. The third kappa shape index (κ3) is 5.85. The van der Waals surface area contributed by atoms with E-state index in [1.165, 1.54) is 6.33 Å². The van der Waals surface area contributed by atoms with E-state index < -0.39 is 15.8 Å². The summed E-state index contributed by atoms with van der Waals surface area (Å²) in [7, 11) is -3.03. The van der Waals surface area contributed by atoms with Crippen LogP contribution in [0.5, 0.6) is 5.75 Å². The molecule has 0 radical (unpaired) electrons. The Kier molecular flexibility index (Phi) is 6.96. The molecular formula is C22H26N4O4S. The van der Waals surface area contributed by atoms with Gasteiger partial charge in [0.15, 0.2) is 0 Å². The molecule has 164 valence electrons. The first kappa shape index (κ1) is 22.4. The minimum absolute atomic E-state index is 0.181. The number of benzene rings is 2. The Labute approximate surface area is 182 Å². The highest BCUT2D eigenvalue weighted by Crippen LogP contribution is 2.25. The van der Waals surface area contributed by atoms with Crippen LogP contribution in [0.3, 0.4) is 0 Å². The number of ether oxygens (including phenoxy) is 2. The predicted molar refractivity (Wildman–Crippen MR) is 123 cm³/mol. The van der Waals surface area contributed by atoms with Crippen LogP contribution in [0.4, 0.5) is 10.6 Å². The van der Waals surface area contributed by atoms with Gasteiger partial charge in [-0.25, -0.2) is 23.7 Å². The lowest BCUT2D eigenvalue weighted by Crippen LogP contribution is -2.31. The second kappa shape index (κ2) is 9.65. The molecule has 31 heavy (non-hydrogen) atoms. The fraction of sp³-hybridized carbons (Fsp3) is 0.273. The highest BCUT2D eigenvalue weighted by molar-refractivity contribution is 7.99. The fourth-order valence-corrected chi connectivity index (χ4v) is 3.96. The Morgan fingerprint density at radius 2 is 2.00 bits per heavy atom. The molecule has 3 aromatic rings. The van der Waals surface area contributed by atoms with E-state index in [4.69, 9.17) is 9.47 Å². The summed E-state index contributed by atoms with van der Waals surface area (Å²) in [6.45, 7) is 6.19. The molecule has 3 rings (SSSR count). The molecule has 0 saturated carbocycles. The lowest BCUT2D eigenvalue weighted by atomic mass is 10.2. The van der Waals surface area contributed by atoms with Gasteiger partial charge in [0.1, 0.15) is 24.5 Å². The van der Waals surface area contributed by atoms with Gasteiger partial charge in [0.2, 0.25) is 0 Å². The summed E-state index contributed by atoms with van der Waals surface area (Å²) < 4.78 is 25.8. The molecular weight excluding hydrogens is 416 g/mol. The van der Waals surface area contributed by atoms with Gasteiger partial charge < -0.3 is 14.8 Å². The van der Waals surface area contributed by atoms with Crippen molar-refractivity contribution in [3.63, 3.8) is 0 Å². The lowest BCUT2D eigenvalue weighted by Gasteiger charge is -2.13. The van der Waals surface area contributed by atoms with Gasteiger partial charge in [-0.2, -0.15) is 0 Å². The van der Waals surface area contributed by atoms with Crippen molar-refractivity contribution in [2.75, 3.05) is 11.9 Å². The van der Waals surface area contributed by atoms with E-state index in [2.05, 4.69) is 25.9 Å². The number of anilines is 1. The molecule has 0 saturated heterocycles. The molecule has 1 amide bonds. The van der Waals surface area contributed by atoms with E-state index in [0.29, 0.717) is 10.6 Å². The van der Waals surface area contributed by atoms with Crippen LogP contribution >= 0.6 is 0 Å². The van der Waals surface area contributed by atoms with Gasteiger partial charge in [-0.1, -0.05) is 12.1 Å². The monoisotopic (exact) mass is 442 g/mol. The van der Waals surface area contributed by atoms with Gasteiger partial charge in [-0.05, 0) is 56.5 Å². The van der Waals surface area contributed by atoms with Crippen LogP contribution in [-0.4, -0.2) is 38.8 Å². The van der Waals surface area contributed by atoms with E-state index in [-0.39, 0.29) is 19.3 Å². The van der Waals surface area contributed by atoms with Crippen molar-refractivity contribution in [2.45, 2.75) is 38.3 Å². The van der Waals surface area contributed by atoms with E-state index in [9.17, 15) is 9.00 Å². The Bertz CT molecular complexity index is 1180. The first-order chi connectivity index (χ1) is 14.8. The van der Waals surface area contributed by atoms with Crippen molar-refractivity contribution in [2.24, 2.45) is 0 Å². The average molecular weight is 443 g/mol. The normalized spacial score (nSPS) is 12.9. The molecule has 0 spiro atoms. The number of amides is 1. The Balaban J connectivity index is 1.73. The summed E-state index contributed by atoms with van der Waals surface area (Å²) in [5, 5.41) is 4.21. The van der Waals surface area contributed by atoms with Crippen molar-refractivity contribution in [3.8, 4) is 5.75 Å². The molecule has 2 aromatic carbocycles. The Hall–Kier alpha value is -3.33. The van der Waals surface area contributed by atoms with Gasteiger partial charge in [-0.15, -0.1) is 0 Å². The second-order valence-corrected chi connectivity index (χ2v) is 9.16. The maximum atomic E-state index is 12.8. The number of rotatable bonds is 8. The van der Waals surface area contributed by atoms with Gasteiger partial charge in [0.05, 0.1) is 26.7 Å². The molecule has 9 heteroatoms. The summed E-state index contributed by atoms with van der Waals surface area (Å²) in [5.74, 6) is 5.06. The zero-order valence-electron chi connectivity index (χ0n) is 17.8. The summed E-state index contributed by atoms with van der Waals surface area (Å²) in [6, 6.07) is 12.8. The maximum absolute atomic E-state index is 12.8.